The molecule has 1 atom stereocenters. The fourth-order valence-corrected chi connectivity index (χ4v) is 1.94. The second-order valence-electron chi connectivity index (χ2n) is 4.24. The van der Waals surface area contributed by atoms with Crippen molar-refractivity contribution in [3.8, 4) is 0 Å². The van der Waals surface area contributed by atoms with E-state index in [2.05, 4.69) is 15.3 Å². The summed E-state index contributed by atoms with van der Waals surface area (Å²) in [5, 5.41) is 12.3. The predicted molar refractivity (Wildman–Crippen MR) is 72.2 cm³/mol. The Morgan fingerprint density at radius 1 is 1.26 bits per heavy atom. The largest absolute Gasteiger partial charge is 0.478 e. The summed E-state index contributed by atoms with van der Waals surface area (Å²) in [6.45, 7) is 3.80. The molecule has 0 aliphatic carbocycles. The van der Waals surface area contributed by atoms with Crippen LogP contribution in [0, 0.1) is 6.92 Å². The highest BCUT2D eigenvalue weighted by molar-refractivity contribution is 5.94. The van der Waals surface area contributed by atoms with Gasteiger partial charge in [0.1, 0.15) is 0 Å². The standard InChI is InChI=1S/C14H15N3O2/c1-9-13(16-8-7-15-9)10(2)17-12-6-4-3-5-11(12)14(18)19/h3-8,10,17H,1-2H3,(H,18,19). The highest BCUT2D eigenvalue weighted by Gasteiger charge is 2.14. The van der Waals surface area contributed by atoms with Crippen LogP contribution in [0.3, 0.4) is 0 Å². The number of anilines is 1. The maximum atomic E-state index is 11.1. The molecule has 0 spiro atoms. The molecule has 19 heavy (non-hydrogen) atoms. The average Bonchev–Trinajstić information content (AvgIpc) is 2.39. The lowest BCUT2D eigenvalue weighted by Crippen LogP contribution is -2.13. The van der Waals surface area contributed by atoms with Crippen LogP contribution in [0.4, 0.5) is 5.69 Å². The van der Waals surface area contributed by atoms with Gasteiger partial charge in [-0.05, 0) is 26.0 Å². The Bertz CT molecular complexity index is 599. The van der Waals surface area contributed by atoms with E-state index in [-0.39, 0.29) is 11.6 Å². The lowest BCUT2D eigenvalue weighted by atomic mass is 10.1. The van der Waals surface area contributed by atoms with Gasteiger partial charge in [0.15, 0.2) is 0 Å². The van der Waals surface area contributed by atoms with Crippen LogP contribution in [-0.2, 0) is 0 Å². The second-order valence-corrected chi connectivity index (χ2v) is 4.24. The number of hydrogen-bond acceptors (Lipinski definition) is 4. The summed E-state index contributed by atoms with van der Waals surface area (Å²) >= 11 is 0. The van der Waals surface area contributed by atoms with Gasteiger partial charge >= 0.3 is 5.97 Å². The third-order valence-corrected chi connectivity index (χ3v) is 2.86. The molecular weight excluding hydrogens is 242 g/mol. The van der Waals surface area contributed by atoms with Crippen molar-refractivity contribution >= 4 is 11.7 Å². The van der Waals surface area contributed by atoms with Gasteiger partial charge in [-0.25, -0.2) is 4.79 Å². The van der Waals surface area contributed by atoms with Gasteiger partial charge in [0, 0.05) is 18.1 Å². The van der Waals surface area contributed by atoms with Crippen LogP contribution in [0.25, 0.3) is 0 Å². The maximum absolute atomic E-state index is 11.1. The van der Waals surface area contributed by atoms with Crippen molar-refractivity contribution in [2.45, 2.75) is 19.9 Å². The molecule has 5 heteroatoms. The molecule has 1 aromatic heterocycles. The SMILES string of the molecule is Cc1nccnc1C(C)Nc1ccccc1C(=O)O. The molecule has 0 aliphatic rings. The highest BCUT2D eigenvalue weighted by atomic mass is 16.4. The fraction of sp³-hybridized carbons (Fsp3) is 0.214. The molecule has 2 rings (SSSR count). The number of carbonyl (C=O) groups is 1. The fourth-order valence-electron chi connectivity index (χ4n) is 1.94. The van der Waals surface area contributed by atoms with Crippen LogP contribution in [0.5, 0.6) is 0 Å². The molecule has 5 nitrogen and oxygen atoms in total. The molecule has 0 aliphatic heterocycles. The van der Waals surface area contributed by atoms with Crippen molar-refractivity contribution in [2.75, 3.05) is 5.32 Å². The first kappa shape index (κ1) is 13.0. The Morgan fingerprint density at radius 3 is 2.63 bits per heavy atom. The van der Waals surface area contributed by atoms with E-state index < -0.39 is 5.97 Å². The third-order valence-electron chi connectivity index (χ3n) is 2.86. The molecular formula is C14H15N3O2. The van der Waals surface area contributed by atoms with Crippen molar-refractivity contribution in [1.29, 1.82) is 0 Å². The summed E-state index contributed by atoms with van der Waals surface area (Å²) < 4.78 is 0. The normalized spacial score (nSPS) is 11.9. The van der Waals surface area contributed by atoms with Crippen LogP contribution in [0.2, 0.25) is 0 Å². The molecule has 0 saturated heterocycles. The zero-order valence-corrected chi connectivity index (χ0v) is 10.8. The van der Waals surface area contributed by atoms with Crippen molar-refractivity contribution < 1.29 is 9.90 Å². The number of hydrogen-bond donors (Lipinski definition) is 2. The molecule has 0 radical (unpaired) electrons. The number of aryl methyl sites for hydroxylation is 1. The summed E-state index contributed by atoms with van der Waals surface area (Å²) in [5.41, 5.74) is 2.46. The van der Waals surface area contributed by atoms with E-state index in [1.165, 1.54) is 0 Å². The highest BCUT2D eigenvalue weighted by Crippen LogP contribution is 2.22. The Labute approximate surface area is 111 Å². The van der Waals surface area contributed by atoms with E-state index in [4.69, 9.17) is 5.11 Å². The summed E-state index contributed by atoms with van der Waals surface area (Å²) in [7, 11) is 0. The second kappa shape index (κ2) is 5.48. The van der Waals surface area contributed by atoms with Gasteiger partial charge in [0.2, 0.25) is 0 Å². The summed E-state index contributed by atoms with van der Waals surface area (Å²) in [5.74, 6) is -0.953. The van der Waals surface area contributed by atoms with Gasteiger partial charge in [0.25, 0.3) is 0 Å². The predicted octanol–water partition coefficient (Wildman–Crippen LogP) is 2.66. The first-order valence-electron chi connectivity index (χ1n) is 5.96. The van der Waals surface area contributed by atoms with Crippen LogP contribution < -0.4 is 5.32 Å². The first-order chi connectivity index (χ1) is 9.09. The van der Waals surface area contributed by atoms with Crippen LogP contribution in [0.1, 0.15) is 34.7 Å². The van der Waals surface area contributed by atoms with Crippen molar-refractivity contribution in [3.63, 3.8) is 0 Å². The van der Waals surface area contributed by atoms with E-state index >= 15 is 0 Å². The van der Waals surface area contributed by atoms with E-state index in [1.54, 1.807) is 36.7 Å². The van der Waals surface area contributed by atoms with Crippen molar-refractivity contribution in [1.82, 2.24) is 9.97 Å². The molecule has 0 saturated carbocycles. The van der Waals surface area contributed by atoms with Crippen LogP contribution >= 0.6 is 0 Å². The number of carboxylic acids is 1. The zero-order chi connectivity index (χ0) is 13.8. The molecule has 0 bridgehead atoms. The first-order valence-corrected chi connectivity index (χ1v) is 5.96. The smallest absolute Gasteiger partial charge is 0.337 e. The number of nitrogens with one attached hydrogen (secondary N) is 1. The number of rotatable bonds is 4. The Hall–Kier alpha value is -2.43. The Morgan fingerprint density at radius 2 is 1.95 bits per heavy atom. The van der Waals surface area contributed by atoms with Crippen LogP contribution in [0.15, 0.2) is 36.7 Å². The molecule has 1 aromatic carbocycles. The van der Waals surface area contributed by atoms with Gasteiger partial charge in [-0.3, -0.25) is 9.97 Å². The van der Waals surface area contributed by atoms with Crippen molar-refractivity contribution in [2.24, 2.45) is 0 Å². The van der Waals surface area contributed by atoms with Crippen LogP contribution in [-0.4, -0.2) is 21.0 Å². The third kappa shape index (κ3) is 2.88. The van der Waals surface area contributed by atoms with Gasteiger partial charge < -0.3 is 10.4 Å². The molecule has 2 aromatic rings. The molecule has 1 heterocycles. The number of carboxylic acid groups (broad SMARTS) is 1. The number of aromatic nitrogens is 2. The molecule has 0 fully saturated rings. The van der Waals surface area contributed by atoms with E-state index in [0.717, 1.165) is 11.4 Å². The lowest BCUT2D eigenvalue weighted by molar-refractivity contribution is 0.0698. The monoisotopic (exact) mass is 257 g/mol. The number of benzene rings is 1. The number of nitrogens with zero attached hydrogens (tertiary/aromatic N) is 2. The Balaban J connectivity index is 2.27. The van der Waals surface area contributed by atoms with E-state index in [9.17, 15) is 4.79 Å². The summed E-state index contributed by atoms with van der Waals surface area (Å²) in [4.78, 5) is 19.6. The molecule has 1 unspecified atom stereocenters. The van der Waals surface area contributed by atoms with Gasteiger partial charge in [-0.15, -0.1) is 0 Å². The average molecular weight is 257 g/mol. The van der Waals surface area contributed by atoms with Gasteiger partial charge in [-0.1, -0.05) is 12.1 Å². The topological polar surface area (TPSA) is 75.1 Å². The quantitative estimate of drug-likeness (QED) is 0.880. The van der Waals surface area contributed by atoms with Crippen molar-refractivity contribution in [3.05, 3.63) is 53.6 Å². The minimum absolute atomic E-state index is 0.116. The van der Waals surface area contributed by atoms with Gasteiger partial charge in [0.05, 0.1) is 23.0 Å². The summed E-state index contributed by atoms with van der Waals surface area (Å²) in [6.07, 6.45) is 3.26. The minimum Gasteiger partial charge on any atom is -0.478 e. The summed E-state index contributed by atoms with van der Waals surface area (Å²) in [6, 6.07) is 6.69. The molecule has 0 amide bonds. The lowest BCUT2D eigenvalue weighted by Gasteiger charge is -2.17. The van der Waals surface area contributed by atoms with Gasteiger partial charge in [-0.2, -0.15) is 0 Å². The molecule has 2 N–H and O–H groups in total. The van der Waals surface area contributed by atoms with E-state index in [1.807, 2.05) is 13.8 Å². The number of para-hydroxylation sites is 1. The Kier molecular flexibility index (Phi) is 3.75. The number of aromatic carboxylic acids is 1. The molecule has 98 valence electrons. The maximum Gasteiger partial charge on any atom is 0.337 e. The minimum atomic E-state index is -0.953. The van der Waals surface area contributed by atoms with E-state index in [0.29, 0.717) is 5.69 Å². The zero-order valence-electron chi connectivity index (χ0n) is 10.8.